The zero-order chi connectivity index (χ0) is 19.1. The molecule has 4 atom stereocenters. The van der Waals surface area contributed by atoms with Gasteiger partial charge in [-0.2, -0.15) is 5.10 Å². The van der Waals surface area contributed by atoms with E-state index in [4.69, 9.17) is 4.74 Å². The number of fused-ring (bicyclic) bond motifs is 1. The highest BCUT2D eigenvalue weighted by Gasteiger charge is 2.43. The fraction of sp³-hybridized carbons (Fsp3) is 0.353. The number of aromatic nitrogens is 4. The van der Waals surface area contributed by atoms with E-state index in [1.807, 2.05) is 18.2 Å². The normalized spacial score (nSPS) is 25.3. The first-order chi connectivity index (χ1) is 13.0. The van der Waals surface area contributed by atoms with Crippen molar-refractivity contribution in [3.8, 4) is 0 Å². The first-order valence-electron chi connectivity index (χ1n) is 8.37. The van der Waals surface area contributed by atoms with Gasteiger partial charge < -0.3 is 20.1 Å². The van der Waals surface area contributed by atoms with Crippen molar-refractivity contribution < 1.29 is 20.1 Å². The number of aromatic amines is 1. The number of benzene rings is 1. The average Bonchev–Trinajstić information content (AvgIpc) is 3.21. The summed E-state index contributed by atoms with van der Waals surface area (Å²) < 4.78 is 7.39. The summed E-state index contributed by atoms with van der Waals surface area (Å²) in [5.41, 5.74) is 0.0571. The quantitative estimate of drug-likeness (QED) is 0.437. The molecule has 0 saturated carbocycles. The van der Waals surface area contributed by atoms with Gasteiger partial charge in [0, 0.05) is 17.6 Å². The van der Waals surface area contributed by atoms with Crippen molar-refractivity contribution in [2.24, 2.45) is 0 Å². The van der Waals surface area contributed by atoms with Crippen LogP contribution in [0, 0.1) is 0 Å². The number of aliphatic hydroxyl groups is 3. The molecule has 0 bridgehead atoms. The number of hydrogen-bond donors (Lipinski definition) is 4. The van der Waals surface area contributed by atoms with Gasteiger partial charge in [-0.3, -0.25) is 19.0 Å². The summed E-state index contributed by atoms with van der Waals surface area (Å²) in [5, 5.41) is 37.0. The average molecular weight is 374 g/mol. The van der Waals surface area contributed by atoms with Gasteiger partial charge in [0.25, 0.3) is 5.56 Å². The molecule has 0 spiro atoms. The summed E-state index contributed by atoms with van der Waals surface area (Å²) >= 11 is 0. The second kappa shape index (κ2) is 6.74. The maximum absolute atomic E-state index is 12.8. The van der Waals surface area contributed by atoms with Crippen LogP contribution in [0.25, 0.3) is 10.9 Å². The molecule has 2 aromatic heterocycles. The van der Waals surface area contributed by atoms with Crippen LogP contribution in [0.4, 0.5) is 0 Å². The van der Waals surface area contributed by atoms with E-state index in [0.717, 1.165) is 14.5 Å². The summed E-state index contributed by atoms with van der Waals surface area (Å²) in [6.07, 6.45) is -3.79. The number of nitrogens with one attached hydrogen (secondary N) is 1. The number of H-pyrrole nitrogens is 1. The molecular formula is C17H18N4O6. The fourth-order valence-corrected chi connectivity index (χ4v) is 3.27. The Bertz CT molecular complexity index is 1090. The number of ether oxygens (including phenoxy) is 1. The topological polar surface area (TPSA) is 143 Å². The Labute approximate surface area is 151 Å². The van der Waals surface area contributed by atoms with Crippen LogP contribution in [-0.4, -0.2) is 59.6 Å². The number of hydrogen-bond acceptors (Lipinski definition) is 7. The van der Waals surface area contributed by atoms with Crippen LogP contribution in [-0.2, 0) is 11.3 Å². The Hall–Kier alpha value is -2.79. The third-order valence-electron chi connectivity index (χ3n) is 4.74. The molecule has 4 N–H and O–H groups in total. The largest absolute Gasteiger partial charge is 0.394 e. The lowest BCUT2D eigenvalue weighted by Crippen LogP contribution is -2.43. The molecule has 1 saturated heterocycles. The summed E-state index contributed by atoms with van der Waals surface area (Å²) in [4.78, 5) is 25.1. The van der Waals surface area contributed by atoms with Gasteiger partial charge in [0.05, 0.1) is 24.4 Å². The lowest BCUT2D eigenvalue weighted by Gasteiger charge is -2.18. The Morgan fingerprint density at radius 1 is 1.15 bits per heavy atom. The molecule has 1 fully saturated rings. The van der Waals surface area contributed by atoms with Crippen molar-refractivity contribution in [2.45, 2.75) is 31.1 Å². The lowest BCUT2D eigenvalue weighted by atomic mass is 10.1. The van der Waals surface area contributed by atoms with Crippen LogP contribution in [0.3, 0.4) is 0 Å². The summed E-state index contributed by atoms with van der Waals surface area (Å²) in [5.74, 6) is 0. The third-order valence-corrected chi connectivity index (χ3v) is 4.74. The van der Waals surface area contributed by atoms with E-state index in [9.17, 15) is 24.9 Å². The molecule has 0 radical (unpaired) electrons. The summed E-state index contributed by atoms with van der Waals surface area (Å²) in [6.45, 7) is -0.558. The number of rotatable bonds is 4. The number of nitrogens with zero attached hydrogens (tertiary/aromatic N) is 3. The molecule has 10 nitrogen and oxygen atoms in total. The van der Waals surface area contributed by atoms with E-state index < -0.39 is 42.4 Å². The maximum Gasteiger partial charge on any atom is 0.333 e. The van der Waals surface area contributed by atoms with Crippen LogP contribution in [0.2, 0.25) is 0 Å². The number of aliphatic hydroxyl groups excluding tert-OH is 3. The van der Waals surface area contributed by atoms with E-state index in [1.165, 1.54) is 12.3 Å². The van der Waals surface area contributed by atoms with E-state index >= 15 is 0 Å². The molecule has 4 rings (SSSR count). The first kappa shape index (κ1) is 17.6. The van der Waals surface area contributed by atoms with Crippen molar-refractivity contribution in [1.29, 1.82) is 0 Å². The van der Waals surface area contributed by atoms with Crippen LogP contribution in [0.1, 0.15) is 11.9 Å². The molecule has 1 aliphatic heterocycles. The van der Waals surface area contributed by atoms with Crippen LogP contribution >= 0.6 is 0 Å². The van der Waals surface area contributed by atoms with Gasteiger partial charge in [0.2, 0.25) is 0 Å². The zero-order valence-corrected chi connectivity index (χ0v) is 14.1. The molecule has 0 amide bonds. The first-order valence-corrected chi connectivity index (χ1v) is 8.37. The molecule has 3 aromatic rings. The van der Waals surface area contributed by atoms with Crippen molar-refractivity contribution in [3.05, 3.63) is 63.1 Å². The predicted molar refractivity (Wildman–Crippen MR) is 93.2 cm³/mol. The predicted octanol–water partition coefficient (Wildman–Crippen LogP) is -1.45. The second-order valence-corrected chi connectivity index (χ2v) is 6.38. The minimum absolute atomic E-state index is 0.0478. The highest BCUT2D eigenvalue weighted by molar-refractivity contribution is 5.81. The third kappa shape index (κ3) is 2.88. The van der Waals surface area contributed by atoms with Crippen LogP contribution < -0.4 is 11.2 Å². The van der Waals surface area contributed by atoms with Crippen molar-refractivity contribution in [1.82, 2.24) is 19.3 Å². The van der Waals surface area contributed by atoms with Gasteiger partial charge in [-0.1, -0.05) is 18.2 Å². The van der Waals surface area contributed by atoms with Crippen molar-refractivity contribution >= 4 is 10.9 Å². The second-order valence-electron chi connectivity index (χ2n) is 6.38. The van der Waals surface area contributed by atoms with Crippen molar-refractivity contribution in [3.63, 3.8) is 0 Å². The van der Waals surface area contributed by atoms with Crippen LogP contribution in [0.5, 0.6) is 0 Å². The van der Waals surface area contributed by atoms with Crippen molar-refractivity contribution in [2.75, 3.05) is 6.61 Å². The van der Waals surface area contributed by atoms with Gasteiger partial charge in [-0.15, -0.1) is 0 Å². The molecular weight excluding hydrogens is 356 g/mol. The summed E-state index contributed by atoms with van der Waals surface area (Å²) in [7, 11) is 0. The molecule has 27 heavy (non-hydrogen) atoms. The molecule has 1 aliphatic rings. The minimum Gasteiger partial charge on any atom is -0.394 e. The number of para-hydroxylation sites is 1. The lowest BCUT2D eigenvalue weighted by molar-refractivity contribution is -0.0555. The van der Waals surface area contributed by atoms with Gasteiger partial charge in [0.1, 0.15) is 18.3 Å². The highest BCUT2D eigenvalue weighted by Crippen LogP contribution is 2.27. The fourth-order valence-electron chi connectivity index (χ4n) is 3.27. The van der Waals surface area contributed by atoms with E-state index in [2.05, 4.69) is 10.2 Å². The molecule has 1 unspecified atom stereocenters. The van der Waals surface area contributed by atoms with E-state index in [1.54, 1.807) is 6.07 Å². The smallest absolute Gasteiger partial charge is 0.333 e. The Kier molecular flexibility index (Phi) is 4.40. The molecule has 0 aliphatic carbocycles. The van der Waals surface area contributed by atoms with Gasteiger partial charge in [0.15, 0.2) is 6.23 Å². The molecule has 142 valence electrons. The van der Waals surface area contributed by atoms with E-state index in [0.29, 0.717) is 11.2 Å². The minimum atomic E-state index is -1.42. The molecule has 1 aromatic carbocycles. The SMILES string of the molecule is O=c1ccn([C@@H]2O[C@H](CO)[C@H](O)C2O)c(=O)n1Cc1[nH]nc2ccccc12. The van der Waals surface area contributed by atoms with Crippen LogP contribution in [0.15, 0.2) is 46.1 Å². The van der Waals surface area contributed by atoms with E-state index in [-0.39, 0.29) is 6.54 Å². The zero-order valence-electron chi connectivity index (χ0n) is 14.1. The van der Waals surface area contributed by atoms with Gasteiger partial charge in [-0.05, 0) is 6.07 Å². The molecule has 3 heterocycles. The van der Waals surface area contributed by atoms with Gasteiger partial charge in [-0.25, -0.2) is 4.79 Å². The van der Waals surface area contributed by atoms with Gasteiger partial charge >= 0.3 is 5.69 Å². The monoisotopic (exact) mass is 374 g/mol. The Morgan fingerprint density at radius 3 is 2.67 bits per heavy atom. The maximum atomic E-state index is 12.8. The Balaban J connectivity index is 1.74. The standard InChI is InChI=1S/C17H18N4O6/c22-8-12-14(24)15(25)16(27-12)20-6-5-13(23)21(17(20)26)7-11-9-3-1-2-4-10(9)18-19-11/h1-6,12,14-16,22,24-25H,7-8H2,(H,18,19)/t12-,14+,15?,16-/m1/s1. The molecule has 10 heteroatoms. The Morgan fingerprint density at radius 2 is 1.93 bits per heavy atom. The highest BCUT2D eigenvalue weighted by atomic mass is 16.6. The summed E-state index contributed by atoms with van der Waals surface area (Å²) in [6, 6.07) is 8.46.